The number of ether oxygens (including phenoxy) is 2. The van der Waals surface area contributed by atoms with Crippen LogP contribution in [0.15, 0.2) is 51.7 Å². The van der Waals surface area contributed by atoms with E-state index in [1.54, 1.807) is 6.07 Å². The molecule has 0 aliphatic rings. The number of hydrogen-bond donors (Lipinski definition) is 2. The first-order chi connectivity index (χ1) is 14.0. The second-order valence-electron chi connectivity index (χ2n) is 6.41. The van der Waals surface area contributed by atoms with Crippen LogP contribution in [-0.4, -0.2) is 18.3 Å². The maximum atomic E-state index is 11.6. The summed E-state index contributed by atoms with van der Waals surface area (Å²) in [6.07, 6.45) is 0. The fraction of sp³-hybridized carbons (Fsp3) is 0.273. The minimum absolute atomic E-state index is 0.367. The van der Waals surface area contributed by atoms with Crippen molar-refractivity contribution in [2.75, 3.05) is 18.5 Å². The lowest BCUT2D eigenvalue weighted by Crippen LogP contribution is -2.27. The number of thiocarbonyl (C=S) groups is 1. The Hall–Kier alpha value is -3.06. The van der Waals surface area contributed by atoms with Gasteiger partial charge in [-0.2, -0.15) is 0 Å². The molecule has 0 atom stereocenters. The van der Waals surface area contributed by atoms with Gasteiger partial charge in [0.05, 0.1) is 13.2 Å². The predicted molar refractivity (Wildman–Crippen MR) is 119 cm³/mol. The first kappa shape index (κ1) is 20.7. The lowest BCUT2D eigenvalue weighted by molar-refractivity contribution is 0.287. The number of anilines is 1. The SMILES string of the molecule is CCOc1ccc(CNC(=S)Nc2ccc3c(C)cc(=O)oc3c2)cc1OCC. The zero-order valence-electron chi connectivity index (χ0n) is 16.7. The van der Waals surface area contributed by atoms with Gasteiger partial charge >= 0.3 is 5.63 Å². The summed E-state index contributed by atoms with van der Waals surface area (Å²) in [5.41, 5.74) is 2.79. The molecule has 0 aliphatic heterocycles. The normalized spacial score (nSPS) is 10.6. The van der Waals surface area contributed by atoms with Crippen LogP contribution >= 0.6 is 12.2 Å². The van der Waals surface area contributed by atoms with Crippen molar-refractivity contribution in [3.63, 3.8) is 0 Å². The van der Waals surface area contributed by atoms with Gasteiger partial charge in [-0.1, -0.05) is 6.07 Å². The molecule has 152 valence electrons. The van der Waals surface area contributed by atoms with E-state index < -0.39 is 0 Å². The molecule has 0 saturated carbocycles. The highest BCUT2D eigenvalue weighted by Gasteiger charge is 2.08. The van der Waals surface area contributed by atoms with Gasteiger partial charge in [0.2, 0.25) is 0 Å². The number of aryl methyl sites for hydroxylation is 1. The zero-order valence-corrected chi connectivity index (χ0v) is 17.5. The lowest BCUT2D eigenvalue weighted by Gasteiger charge is -2.14. The van der Waals surface area contributed by atoms with Crippen molar-refractivity contribution in [1.82, 2.24) is 5.32 Å². The highest BCUT2D eigenvalue weighted by molar-refractivity contribution is 7.80. The van der Waals surface area contributed by atoms with E-state index >= 15 is 0 Å². The van der Waals surface area contributed by atoms with Gasteiger partial charge in [-0.15, -0.1) is 0 Å². The molecule has 0 spiro atoms. The molecule has 0 bridgehead atoms. The second kappa shape index (κ2) is 9.43. The summed E-state index contributed by atoms with van der Waals surface area (Å²) in [6, 6.07) is 12.9. The zero-order chi connectivity index (χ0) is 20.8. The van der Waals surface area contributed by atoms with Gasteiger partial charge in [-0.3, -0.25) is 0 Å². The molecule has 0 unspecified atom stereocenters. The maximum Gasteiger partial charge on any atom is 0.336 e. The molecule has 2 N–H and O–H groups in total. The average molecular weight is 413 g/mol. The molecule has 7 heteroatoms. The molecule has 0 saturated heterocycles. The highest BCUT2D eigenvalue weighted by atomic mass is 32.1. The Labute approximate surface area is 174 Å². The van der Waals surface area contributed by atoms with E-state index in [1.165, 1.54) is 6.07 Å². The molecule has 0 amide bonds. The van der Waals surface area contributed by atoms with Crippen LogP contribution in [0.3, 0.4) is 0 Å². The molecule has 2 aromatic carbocycles. The molecule has 0 aliphatic carbocycles. The lowest BCUT2D eigenvalue weighted by atomic mass is 10.1. The molecule has 29 heavy (non-hydrogen) atoms. The summed E-state index contributed by atoms with van der Waals surface area (Å²) < 4.78 is 16.5. The van der Waals surface area contributed by atoms with Gasteiger partial charge in [-0.25, -0.2) is 4.79 Å². The van der Waals surface area contributed by atoms with Gasteiger partial charge < -0.3 is 24.5 Å². The molecule has 3 rings (SSSR count). The Morgan fingerprint density at radius 1 is 1.03 bits per heavy atom. The Morgan fingerprint density at radius 2 is 1.79 bits per heavy atom. The molecule has 0 fully saturated rings. The van der Waals surface area contributed by atoms with Crippen molar-refractivity contribution < 1.29 is 13.9 Å². The molecule has 0 radical (unpaired) electrons. The molecule has 1 heterocycles. The largest absolute Gasteiger partial charge is 0.490 e. The molecular weight excluding hydrogens is 388 g/mol. The first-order valence-corrected chi connectivity index (χ1v) is 9.89. The van der Waals surface area contributed by atoms with Crippen LogP contribution in [-0.2, 0) is 6.54 Å². The van der Waals surface area contributed by atoms with E-state index in [-0.39, 0.29) is 5.63 Å². The van der Waals surface area contributed by atoms with Crippen LogP contribution in [0, 0.1) is 6.92 Å². The summed E-state index contributed by atoms with van der Waals surface area (Å²) in [7, 11) is 0. The van der Waals surface area contributed by atoms with E-state index in [0.29, 0.717) is 36.2 Å². The quantitative estimate of drug-likeness (QED) is 0.440. The summed E-state index contributed by atoms with van der Waals surface area (Å²) in [6.45, 7) is 7.43. The molecule has 6 nitrogen and oxygen atoms in total. The Balaban J connectivity index is 1.66. The van der Waals surface area contributed by atoms with Crippen LogP contribution < -0.4 is 25.7 Å². The van der Waals surface area contributed by atoms with E-state index in [2.05, 4.69) is 10.6 Å². The van der Waals surface area contributed by atoms with Crippen LogP contribution in [0.4, 0.5) is 5.69 Å². The summed E-state index contributed by atoms with van der Waals surface area (Å²) in [5, 5.41) is 7.65. The van der Waals surface area contributed by atoms with Crippen LogP contribution in [0.5, 0.6) is 11.5 Å². The Morgan fingerprint density at radius 3 is 2.55 bits per heavy atom. The summed E-state index contributed by atoms with van der Waals surface area (Å²) in [4.78, 5) is 11.6. The third-order valence-electron chi connectivity index (χ3n) is 4.27. The van der Waals surface area contributed by atoms with E-state index in [9.17, 15) is 4.79 Å². The number of nitrogens with one attached hydrogen (secondary N) is 2. The monoisotopic (exact) mass is 412 g/mol. The van der Waals surface area contributed by atoms with Gasteiger partial charge in [0.1, 0.15) is 5.58 Å². The second-order valence-corrected chi connectivity index (χ2v) is 6.82. The smallest absolute Gasteiger partial charge is 0.336 e. The topological polar surface area (TPSA) is 72.7 Å². The van der Waals surface area contributed by atoms with E-state index in [0.717, 1.165) is 28.0 Å². The van der Waals surface area contributed by atoms with Gasteiger partial charge in [0.15, 0.2) is 16.6 Å². The van der Waals surface area contributed by atoms with Crippen LogP contribution in [0.25, 0.3) is 11.0 Å². The number of fused-ring (bicyclic) bond motifs is 1. The summed E-state index contributed by atoms with van der Waals surface area (Å²) >= 11 is 5.39. The van der Waals surface area contributed by atoms with Crippen molar-refractivity contribution in [3.05, 3.63) is 64.0 Å². The summed E-state index contributed by atoms with van der Waals surface area (Å²) in [5.74, 6) is 1.44. The minimum Gasteiger partial charge on any atom is -0.490 e. The van der Waals surface area contributed by atoms with Crippen molar-refractivity contribution in [2.45, 2.75) is 27.3 Å². The van der Waals surface area contributed by atoms with Gasteiger partial charge in [-0.05, 0) is 68.4 Å². The maximum absolute atomic E-state index is 11.6. The fourth-order valence-corrected chi connectivity index (χ4v) is 3.16. The van der Waals surface area contributed by atoms with Gasteiger partial charge in [0, 0.05) is 29.8 Å². The van der Waals surface area contributed by atoms with Crippen molar-refractivity contribution in [2.24, 2.45) is 0 Å². The van der Waals surface area contributed by atoms with Crippen molar-refractivity contribution >= 4 is 34.0 Å². The Kier molecular flexibility index (Phi) is 6.72. The van der Waals surface area contributed by atoms with E-state index in [1.807, 2.05) is 51.1 Å². The molecule has 3 aromatic rings. The highest BCUT2D eigenvalue weighted by Crippen LogP contribution is 2.28. The fourth-order valence-electron chi connectivity index (χ4n) is 2.97. The number of hydrogen-bond acceptors (Lipinski definition) is 5. The van der Waals surface area contributed by atoms with E-state index in [4.69, 9.17) is 26.1 Å². The Bertz CT molecular complexity index is 1080. The third-order valence-corrected chi connectivity index (χ3v) is 4.52. The third kappa shape index (κ3) is 5.26. The molecule has 1 aromatic heterocycles. The van der Waals surface area contributed by atoms with Crippen LogP contribution in [0.1, 0.15) is 25.0 Å². The van der Waals surface area contributed by atoms with Crippen molar-refractivity contribution in [1.29, 1.82) is 0 Å². The number of rotatable bonds is 7. The van der Waals surface area contributed by atoms with Crippen molar-refractivity contribution in [3.8, 4) is 11.5 Å². The first-order valence-electron chi connectivity index (χ1n) is 9.48. The predicted octanol–water partition coefficient (Wildman–Crippen LogP) is 4.39. The molecular formula is C22H24N2O4S. The van der Waals surface area contributed by atoms with Gasteiger partial charge in [0.25, 0.3) is 0 Å². The average Bonchev–Trinajstić information content (AvgIpc) is 2.68. The standard InChI is InChI=1S/C22H24N2O4S/c1-4-26-18-9-6-15(11-20(18)27-5-2)13-23-22(29)24-16-7-8-17-14(3)10-21(25)28-19(17)12-16/h6-12H,4-5,13H2,1-3H3,(H2,23,24,29). The minimum atomic E-state index is -0.367. The van der Waals surface area contributed by atoms with Crippen LogP contribution in [0.2, 0.25) is 0 Å². The number of benzene rings is 2.